The maximum atomic E-state index is 12.8. The minimum atomic E-state index is -3.46. The zero-order chi connectivity index (χ0) is 20.7. The van der Waals surface area contributed by atoms with Gasteiger partial charge in [0.1, 0.15) is 5.69 Å². The molecule has 7 nitrogen and oxygen atoms in total. The second kappa shape index (κ2) is 7.54. The van der Waals surface area contributed by atoms with E-state index in [-0.39, 0.29) is 4.90 Å². The molecule has 30 heavy (non-hydrogen) atoms. The number of nitrogens with zero attached hydrogens (tertiary/aromatic N) is 3. The highest BCUT2D eigenvalue weighted by Crippen LogP contribution is 2.28. The van der Waals surface area contributed by atoms with Crippen molar-refractivity contribution in [3.63, 3.8) is 0 Å². The smallest absolute Gasteiger partial charge is 0.274 e. The molecule has 1 aliphatic rings. The fourth-order valence-electron chi connectivity index (χ4n) is 3.70. The van der Waals surface area contributed by atoms with Crippen LogP contribution in [0.5, 0.6) is 0 Å². The summed E-state index contributed by atoms with van der Waals surface area (Å²) in [5.74, 6) is 0.742. The van der Waals surface area contributed by atoms with E-state index in [1.165, 1.54) is 0 Å². The molecule has 0 saturated carbocycles. The third kappa shape index (κ3) is 3.51. The second-order valence-electron chi connectivity index (χ2n) is 7.33. The van der Waals surface area contributed by atoms with Gasteiger partial charge in [-0.1, -0.05) is 23.2 Å². The van der Waals surface area contributed by atoms with Crippen LogP contribution in [0.25, 0.3) is 33.9 Å². The van der Waals surface area contributed by atoms with Crippen molar-refractivity contribution < 1.29 is 12.9 Å². The van der Waals surface area contributed by atoms with Crippen LogP contribution in [0.15, 0.2) is 57.9 Å². The van der Waals surface area contributed by atoms with E-state index >= 15 is 0 Å². The van der Waals surface area contributed by atoms with Gasteiger partial charge >= 0.3 is 0 Å². The molecule has 0 radical (unpaired) electrons. The van der Waals surface area contributed by atoms with Crippen LogP contribution in [-0.2, 0) is 10.0 Å². The molecule has 0 bridgehead atoms. The van der Waals surface area contributed by atoms with Crippen molar-refractivity contribution >= 4 is 32.5 Å². The zero-order valence-corrected chi connectivity index (χ0v) is 17.6. The molecular weight excluding hydrogens is 424 g/mol. The minimum Gasteiger partial charge on any atom is -0.351 e. The number of hydrogen-bond acceptors (Lipinski definition) is 5. The lowest BCUT2D eigenvalue weighted by Gasteiger charge is -2.25. The van der Waals surface area contributed by atoms with Gasteiger partial charge in [0.15, 0.2) is 0 Å². The van der Waals surface area contributed by atoms with Crippen molar-refractivity contribution in [2.24, 2.45) is 0 Å². The maximum Gasteiger partial charge on any atom is 0.274 e. The van der Waals surface area contributed by atoms with Crippen LogP contribution in [0.1, 0.15) is 19.3 Å². The molecule has 1 fully saturated rings. The van der Waals surface area contributed by atoms with Gasteiger partial charge in [0.25, 0.3) is 5.89 Å². The van der Waals surface area contributed by atoms with Crippen molar-refractivity contribution in [2.45, 2.75) is 24.2 Å². The van der Waals surface area contributed by atoms with Gasteiger partial charge in [-0.05, 0) is 61.4 Å². The molecule has 4 aromatic rings. The van der Waals surface area contributed by atoms with Crippen LogP contribution in [0.3, 0.4) is 0 Å². The second-order valence-corrected chi connectivity index (χ2v) is 9.70. The van der Waals surface area contributed by atoms with Gasteiger partial charge in [-0.3, -0.25) is 0 Å². The Kier molecular flexibility index (Phi) is 4.85. The van der Waals surface area contributed by atoms with E-state index in [1.807, 2.05) is 24.3 Å². The van der Waals surface area contributed by atoms with Gasteiger partial charge < -0.3 is 9.51 Å². The molecule has 9 heteroatoms. The van der Waals surface area contributed by atoms with Crippen LogP contribution in [0.2, 0.25) is 5.02 Å². The zero-order valence-electron chi connectivity index (χ0n) is 16.0. The lowest BCUT2D eigenvalue weighted by atomic mass is 10.2. The first-order valence-corrected chi connectivity index (χ1v) is 11.6. The summed E-state index contributed by atoms with van der Waals surface area (Å²) in [6, 6.07) is 14.1. The summed E-state index contributed by atoms with van der Waals surface area (Å²) >= 11 is 6.04. The summed E-state index contributed by atoms with van der Waals surface area (Å²) in [5, 5.41) is 5.64. The van der Waals surface area contributed by atoms with Crippen LogP contribution >= 0.6 is 11.6 Å². The fourth-order valence-corrected chi connectivity index (χ4v) is 5.40. The summed E-state index contributed by atoms with van der Waals surface area (Å²) in [7, 11) is -3.46. The van der Waals surface area contributed by atoms with Crippen LogP contribution in [0, 0.1) is 0 Å². The Balaban J connectivity index is 1.40. The number of fused-ring (bicyclic) bond motifs is 1. The summed E-state index contributed by atoms with van der Waals surface area (Å²) in [6.45, 7) is 1.15. The Morgan fingerprint density at radius 1 is 1.00 bits per heavy atom. The Morgan fingerprint density at radius 3 is 2.53 bits per heavy atom. The number of piperidine rings is 1. The number of halogens is 1. The normalized spacial score (nSPS) is 15.6. The molecule has 1 N–H and O–H groups in total. The molecule has 5 rings (SSSR count). The van der Waals surface area contributed by atoms with Crippen LogP contribution < -0.4 is 0 Å². The number of aromatic amines is 1. The molecule has 3 heterocycles. The van der Waals surface area contributed by atoms with E-state index in [2.05, 4.69) is 15.1 Å². The number of sulfonamides is 1. The van der Waals surface area contributed by atoms with Crippen molar-refractivity contribution in [2.75, 3.05) is 13.1 Å². The lowest BCUT2D eigenvalue weighted by molar-refractivity contribution is 0.346. The number of rotatable bonds is 4. The highest BCUT2D eigenvalue weighted by Gasteiger charge is 2.26. The molecule has 2 aromatic heterocycles. The summed E-state index contributed by atoms with van der Waals surface area (Å²) in [4.78, 5) is 7.96. The van der Waals surface area contributed by atoms with E-state index in [9.17, 15) is 8.42 Å². The quantitative estimate of drug-likeness (QED) is 0.494. The fraction of sp³-hybridized carbons (Fsp3) is 0.238. The van der Waals surface area contributed by atoms with E-state index < -0.39 is 10.0 Å². The minimum absolute atomic E-state index is 0.282. The number of nitrogens with one attached hydrogen (secondary N) is 1. The number of H-pyrrole nitrogens is 1. The Bertz CT molecular complexity index is 1310. The molecule has 0 amide bonds. The molecule has 1 aliphatic heterocycles. The molecule has 154 valence electrons. The van der Waals surface area contributed by atoms with Gasteiger partial charge in [0.05, 0.1) is 4.90 Å². The van der Waals surface area contributed by atoms with Crippen molar-refractivity contribution in [3.05, 3.63) is 53.6 Å². The van der Waals surface area contributed by atoms with Crippen LogP contribution in [-0.4, -0.2) is 40.9 Å². The lowest BCUT2D eigenvalue weighted by Crippen LogP contribution is -2.35. The number of aromatic nitrogens is 3. The predicted molar refractivity (Wildman–Crippen MR) is 115 cm³/mol. The van der Waals surface area contributed by atoms with E-state index in [0.717, 1.165) is 30.2 Å². The largest absolute Gasteiger partial charge is 0.351 e. The first kappa shape index (κ1) is 19.3. The van der Waals surface area contributed by atoms with E-state index in [4.69, 9.17) is 16.1 Å². The predicted octanol–water partition coefficient (Wildman–Crippen LogP) is 4.71. The number of hydrogen-bond donors (Lipinski definition) is 1. The first-order valence-electron chi connectivity index (χ1n) is 9.74. The molecule has 0 unspecified atom stereocenters. The third-order valence-electron chi connectivity index (χ3n) is 5.30. The van der Waals surface area contributed by atoms with Gasteiger partial charge in [0, 0.05) is 34.6 Å². The molecule has 2 aromatic carbocycles. The molecule has 0 spiro atoms. The average Bonchev–Trinajstić information content (AvgIpc) is 3.41. The van der Waals surface area contributed by atoms with Gasteiger partial charge in [-0.2, -0.15) is 9.29 Å². The molecular formula is C21H19ClN4O3S. The molecule has 1 saturated heterocycles. The Morgan fingerprint density at radius 2 is 1.77 bits per heavy atom. The summed E-state index contributed by atoms with van der Waals surface area (Å²) < 4.78 is 32.6. The Labute approximate surface area is 178 Å². The highest BCUT2D eigenvalue weighted by molar-refractivity contribution is 7.89. The maximum absolute atomic E-state index is 12.8. The standard InChI is InChI=1S/C21H19ClN4O3S/c22-16-6-9-18-15(12-16)13-19(23-18)21-24-20(25-29-21)14-4-7-17(8-5-14)30(27,28)26-10-2-1-3-11-26/h4-9,12-13,23H,1-3,10-11H2. The SMILES string of the molecule is O=S(=O)(c1ccc(-c2noc(-c3cc4cc(Cl)ccc4[nH]3)n2)cc1)N1CCCCC1. The highest BCUT2D eigenvalue weighted by atomic mass is 35.5. The van der Waals surface area contributed by atoms with Gasteiger partial charge in [0.2, 0.25) is 15.8 Å². The van der Waals surface area contributed by atoms with Gasteiger partial charge in [-0.25, -0.2) is 8.42 Å². The van der Waals surface area contributed by atoms with Crippen molar-refractivity contribution in [1.29, 1.82) is 0 Å². The summed E-state index contributed by atoms with van der Waals surface area (Å²) in [6.07, 6.45) is 2.89. The van der Waals surface area contributed by atoms with Crippen molar-refractivity contribution in [1.82, 2.24) is 19.4 Å². The van der Waals surface area contributed by atoms with E-state index in [0.29, 0.717) is 41.1 Å². The number of benzene rings is 2. The average molecular weight is 443 g/mol. The molecule has 0 aliphatic carbocycles. The summed E-state index contributed by atoms with van der Waals surface area (Å²) in [5.41, 5.74) is 2.29. The third-order valence-corrected chi connectivity index (χ3v) is 7.45. The van der Waals surface area contributed by atoms with Gasteiger partial charge in [-0.15, -0.1) is 0 Å². The first-order chi connectivity index (χ1) is 14.5. The topological polar surface area (TPSA) is 92.1 Å². The Hall–Kier alpha value is -2.68. The monoisotopic (exact) mass is 442 g/mol. The molecule has 0 atom stereocenters. The van der Waals surface area contributed by atoms with Crippen molar-refractivity contribution in [3.8, 4) is 23.0 Å². The van der Waals surface area contributed by atoms with Crippen LogP contribution in [0.4, 0.5) is 0 Å². The van der Waals surface area contributed by atoms with E-state index in [1.54, 1.807) is 28.6 Å².